The van der Waals surface area contributed by atoms with Crippen LogP contribution < -0.4 is 0 Å². The fraction of sp³-hybridized carbons (Fsp3) is 0.500. The summed E-state index contributed by atoms with van der Waals surface area (Å²) < 4.78 is 6.27. The Hall–Kier alpha value is -0.830. The van der Waals surface area contributed by atoms with E-state index in [0.717, 1.165) is 17.3 Å². The van der Waals surface area contributed by atoms with Crippen LogP contribution in [0, 0.1) is 5.41 Å². The van der Waals surface area contributed by atoms with Crippen molar-refractivity contribution >= 4 is 21.9 Å². The average Bonchev–Trinajstić information content (AvgIpc) is 2.88. The Bertz CT molecular complexity index is 440. The monoisotopic (exact) mass is 294 g/mol. The molecule has 1 spiro atoms. The third-order valence-corrected chi connectivity index (χ3v) is 4.63. The van der Waals surface area contributed by atoms with Crippen molar-refractivity contribution in [2.24, 2.45) is 5.41 Å². The van der Waals surface area contributed by atoms with Gasteiger partial charge in [-0.05, 0) is 42.9 Å². The Balaban J connectivity index is 1.76. The molecule has 17 heavy (non-hydrogen) atoms. The predicted octanol–water partition coefficient (Wildman–Crippen LogP) is 3.65. The summed E-state index contributed by atoms with van der Waals surface area (Å²) in [5.74, 6) is 0.582. The van der Waals surface area contributed by atoms with Gasteiger partial charge in [-0.25, -0.2) is 0 Å². The summed E-state index contributed by atoms with van der Waals surface area (Å²) in [6, 6.07) is 8.56. The molecule has 1 heterocycles. The van der Waals surface area contributed by atoms with Gasteiger partial charge in [0.2, 0.25) is 0 Å². The second-order valence-electron chi connectivity index (χ2n) is 5.33. The number of benzene rings is 1. The topological polar surface area (TPSA) is 26.3 Å². The van der Waals surface area contributed by atoms with E-state index in [1.54, 1.807) is 0 Å². The molecule has 2 aliphatic rings. The molecule has 1 aliphatic carbocycles. The molecule has 0 amide bonds. The van der Waals surface area contributed by atoms with E-state index in [4.69, 9.17) is 4.74 Å². The molecular formula is C14H15BrO2. The lowest BCUT2D eigenvalue weighted by atomic mass is 9.83. The lowest BCUT2D eigenvalue weighted by Gasteiger charge is -2.19. The number of ether oxygens (including phenoxy) is 1. The van der Waals surface area contributed by atoms with Crippen LogP contribution in [-0.4, -0.2) is 12.6 Å². The Morgan fingerprint density at radius 1 is 1.29 bits per heavy atom. The number of hydrogen-bond acceptors (Lipinski definition) is 2. The number of rotatable bonds is 1. The van der Waals surface area contributed by atoms with E-state index in [9.17, 15) is 4.79 Å². The molecule has 2 nitrogen and oxygen atoms in total. The van der Waals surface area contributed by atoms with Gasteiger partial charge in [-0.1, -0.05) is 28.1 Å². The molecule has 1 aromatic carbocycles. The van der Waals surface area contributed by atoms with Gasteiger partial charge in [0.15, 0.2) is 0 Å². The lowest BCUT2D eigenvalue weighted by molar-refractivity contribution is -0.137. The van der Waals surface area contributed by atoms with Gasteiger partial charge in [0.25, 0.3) is 0 Å². The zero-order chi connectivity index (χ0) is 11.9. The second-order valence-corrected chi connectivity index (χ2v) is 6.24. The molecule has 1 aromatic rings. The van der Waals surface area contributed by atoms with Crippen molar-refractivity contribution in [3.8, 4) is 0 Å². The predicted molar refractivity (Wildman–Crippen MR) is 68.7 cm³/mol. The van der Waals surface area contributed by atoms with Crippen molar-refractivity contribution in [2.75, 3.05) is 6.61 Å². The molecule has 0 bridgehead atoms. The highest BCUT2D eigenvalue weighted by Crippen LogP contribution is 2.51. The van der Waals surface area contributed by atoms with Gasteiger partial charge in [-0.15, -0.1) is 0 Å². The molecule has 1 aliphatic heterocycles. The van der Waals surface area contributed by atoms with Crippen LogP contribution in [0.1, 0.15) is 37.2 Å². The van der Waals surface area contributed by atoms with Crippen LogP contribution in [0.15, 0.2) is 28.7 Å². The summed E-state index contributed by atoms with van der Waals surface area (Å²) in [4.78, 5) is 11.3. The Morgan fingerprint density at radius 3 is 2.71 bits per heavy atom. The highest BCUT2D eigenvalue weighted by Gasteiger charge is 2.46. The zero-order valence-electron chi connectivity index (χ0n) is 9.62. The van der Waals surface area contributed by atoms with Crippen LogP contribution in [0.2, 0.25) is 0 Å². The van der Waals surface area contributed by atoms with Gasteiger partial charge in [0.05, 0.1) is 13.0 Å². The summed E-state index contributed by atoms with van der Waals surface area (Å²) in [6.07, 6.45) is 4.03. The molecule has 2 atom stereocenters. The Labute approximate surface area is 109 Å². The van der Waals surface area contributed by atoms with E-state index in [1.807, 2.05) is 0 Å². The van der Waals surface area contributed by atoms with Crippen molar-refractivity contribution in [3.63, 3.8) is 0 Å². The van der Waals surface area contributed by atoms with Gasteiger partial charge in [-0.2, -0.15) is 0 Å². The zero-order valence-corrected chi connectivity index (χ0v) is 11.2. The smallest absolute Gasteiger partial charge is 0.306 e. The minimum absolute atomic E-state index is 0.0125. The van der Waals surface area contributed by atoms with Gasteiger partial charge in [0.1, 0.15) is 0 Å². The van der Waals surface area contributed by atoms with Gasteiger partial charge in [0, 0.05) is 9.89 Å². The minimum Gasteiger partial charge on any atom is -0.465 e. The van der Waals surface area contributed by atoms with E-state index >= 15 is 0 Å². The standard InChI is InChI=1S/C14H15BrO2/c15-12-3-1-10(2-4-12)11-5-6-14(7-11)8-13(16)17-9-14/h1-4,11H,5-9H2/t11-,14+/m1/s1. The number of halogens is 1. The summed E-state index contributed by atoms with van der Waals surface area (Å²) in [5.41, 5.74) is 1.54. The summed E-state index contributed by atoms with van der Waals surface area (Å²) in [5, 5.41) is 0. The fourth-order valence-electron chi connectivity index (χ4n) is 3.16. The van der Waals surface area contributed by atoms with Crippen LogP contribution in [0.5, 0.6) is 0 Å². The molecule has 3 rings (SSSR count). The van der Waals surface area contributed by atoms with Crippen molar-refractivity contribution in [2.45, 2.75) is 31.6 Å². The number of cyclic esters (lactones) is 1. The van der Waals surface area contributed by atoms with Gasteiger partial charge >= 0.3 is 5.97 Å². The highest BCUT2D eigenvalue weighted by molar-refractivity contribution is 9.10. The molecular weight excluding hydrogens is 280 g/mol. The van der Waals surface area contributed by atoms with Crippen molar-refractivity contribution < 1.29 is 9.53 Å². The highest BCUT2D eigenvalue weighted by atomic mass is 79.9. The number of carbonyl (C=O) groups excluding carboxylic acids is 1. The Kier molecular flexibility index (Phi) is 2.74. The maximum atomic E-state index is 11.3. The number of esters is 1. The first-order chi connectivity index (χ1) is 8.17. The van der Waals surface area contributed by atoms with Crippen molar-refractivity contribution in [1.82, 2.24) is 0 Å². The summed E-state index contributed by atoms with van der Waals surface area (Å²) >= 11 is 3.46. The lowest BCUT2D eigenvalue weighted by Crippen LogP contribution is -2.16. The van der Waals surface area contributed by atoms with Crippen molar-refractivity contribution in [1.29, 1.82) is 0 Å². The normalized spacial score (nSPS) is 32.1. The number of hydrogen-bond donors (Lipinski definition) is 0. The fourth-order valence-corrected chi connectivity index (χ4v) is 3.42. The Morgan fingerprint density at radius 2 is 2.06 bits per heavy atom. The first kappa shape index (κ1) is 11.3. The molecule has 0 aromatic heterocycles. The first-order valence-electron chi connectivity index (χ1n) is 6.08. The van der Waals surface area contributed by atoms with Crippen molar-refractivity contribution in [3.05, 3.63) is 34.3 Å². The van der Waals surface area contributed by atoms with Crippen LogP contribution in [0.4, 0.5) is 0 Å². The molecule has 3 heteroatoms. The summed E-state index contributed by atoms with van der Waals surface area (Å²) in [6.45, 7) is 0.638. The second kappa shape index (κ2) is 4.13. The molecule has 2 fully saturated rings. The molecule has 0 N–H and O–H groups in total. The molecule has 0 radical (unpaired) electrons. The largest absolute Gasteiger partial charge is 0.465 e. The SMILES string of the molecule is O=C1C[C@@]2(CC[C@@H](c3ccc(Br)cc3)C2)CO1. The molecule has 1 saturated heterocycles. The average molecular weight is 295 g/mol. The van der Waals surface area contributed by atoms with E-state index in [1.165, 1.54) is 12.0 Å². The van der Waals surface area contributed by atoms with Crippen LogP contribution in [-0.2, 0) is 9.53 Å². The van der Waals surface area contributed by atoms with E-state index in [-0.39, 0.29) is 11.4 Å². The van der Waals surface area contributed by atoms with Gasteiger partial charge < -0.3 is 4.74 Å². The van der Waals surface area contributed by atoms with E-state index in [2.05, 4.69) is 40.2 Å². The summed E-state index contributed by atoms with van der Waals surface area (Å²) in [7, 11) is 0. The molecule has 0 unspecified atom stereocenters. The third kappa shape index (κ3) is 2.13. The molecule has 1 saturated carbocycles. The maximum absolute atomic E-state index is 11.3. The van der Waals surface area contributed by atoms with E-state index < -0.39 is 0 Å². The van der Waals surface area contributed by atoms with Crippen LogP contribution >= 0.6 is 15.9 Å². The minimum atomic E-state index is -0.0125. The maximum Gasteiger partial charge on any atom is 0.306 e. The number of carbonyl (C=O) groups is 1. The van der Waals surface area contributed by atoms with E-state index in [0.29, 0.717) is 18.9 Å². The van der Waals surface area contributed by atoms with Crippen LogP contribution in [0.25, 0.3) is 0 Å². The van der Waals surface area contributed by atoms with Gasteiger partial charge in [-0.3, -0.25) is 4.79 Å². The first-order valence-corrected chi connectivity index (χ1v) is 6.87. The third-order valence-electron chi connectivity index (χ3n) is 4.10. The molecule has 90 valence electrons. The quantitative estimate of drug-likeness (QED) is 0.739. The van der Waals surface area contributed by atoms with Crippen LogP contribution in [0.3, 0.4) is 0 Å².